The lowest BCUT2D eigenvalue weighted by Crippen LogP contribution is -2.42. The minimum atomic E-state index is 0. The maximum absolute atomic E-state index is 4.19. The van der Waals surface area contributed by atoms with Gasteiger partial charge in [0.05, 0.1) is 0 Å². The highest BCUT2D eigenvalue weighted by Crippen LogP contribution is 2.16. The van der Waals surface area contributed by atoms with Crippen molar-refractivity contribution in [2.24, 2.45) is 10.4 Å². The fourth-order valence-corrected chi connectivity index (χ4v) is 1.09. The number of hydrogen-bond acceptors (Lipinski definition) is 1. The Bertz CT molecular complexity index is 197. The van der Waals surface area contributed by atoms with E-state index in [2.05, 4.69) is 50.2 Å². The molecule has 0 radical (unpaired) electrons. The highest BCUT2D eigenvalue weighted by molar-refractivity contribution is 14.0. The first-order chi connectivity index (χ1) is 6.89. The fourth-order valence-electron chi connectivity index (χ4n) is 1.09. The molecule has 1 atom stereocenters. The molecule has 0 aromatic rings. The molecule has 0 spiro atoms. The molecule has 0 amide bonds. The lowest BCUT2D eigenvalue weighted by atomic mass is 9.92. The molecule has 0 fully saturated rings. The molecule has 0 bridgehead atoms. The normalized spacial score (nSPS) is 14.0. The molecule has 0 aliphatic rings. The third kappa shape index (κ3) is 10.5. The summed E-state index contributed by atoms with van der Waals surface area (Å²) in [5.74, 6) is 0.911. The van der Waals surface area contributed by atoms with E-state index in [1.807, 2.05) is 7.05 Å². The zero-order valence-corrected chi connectivity index (χ0v) is 13.9. The van der Waals surface area contributed by atoms with Gasteiger partial charge >= 0.3 is 0 Å². The van der Waals surface area contributed by atoms with Crippen molar-refractivity contribution in [1.82, 2.24) is 10.6 Å². The lowest BCUT2D eigenvalue weighted by Gasteiger charge is -2.21. The van der Waals surface area contributed by atoms with Crippen molar-refractivity contribution < 1.29 is 0 Å². The lowest BCUT2D eigenvalue weighted by molar-refractivity contribution is 0.377. The molecule has 0 aromatic carbocycles. The van der Waals surface area contributed by atoms with Crippen LogP contribution >= 0.6 is 24.0 Å². The van der Waals surface area contributed by atoms with Crippen molar-refractivity contribution >= 4 is 29.9 Å². The summed E-state index contributed by atoms with van der Waals surface area (Å²) < 4.78 is 0. The molecular formula is C12H28IN3. The Kier molecular flexibility index (Phi) is 10.4. The van der Waals surface area contributed by atoms with Crippen LogP contribution in [-0.4, -0.2) is 25.6 Å². The fraction of sp³-hybridized carbons (Fsp3) is 0.917. The summed E-state index contributed by atoms with van der Waals surface area (Å²) in [5.41, 5.74) is 0.377. The van der Waals surface area contributed by atoms with Gasteiger partial charge in [0.15, 0.2) is 5.96 Å². The zero-order chi connectivity index (χ0) is 11.9. The smallest absolute Gasteiger partial charge is 0.191 e. The van der Waals surface area contributed by atoms with Crippen molar-refractivity contribution in [3.63, 3.8) is 0 Å². The topological polar surface area (TPSA) is 36.4 Å². The second-order valence-electron chi connectivity index (χ2n) is 5.26. The monoisotopic (exact) mass is 341 g/mol. The SMILES string of the molecule is CCC(C)NC(=NC)NCCC(C)(C)C.I. The molecule has 0 aliphatic heterocycles. The molecule has 0 saturated heterocycles. The van der Waals surface area contributed by atoms with Gasteiger partial charge in [0.25, 0.3) is 0 Å². The molecule has 4 heteroatoms. The van der Waals surface area contributed by atoms with Gasteiger partial charge in [0.1, 0.15) is 0 Å². The average Bonchev–Trinajstić information content (AvgIpc) is 2.14. The van der Waals surface area contributed by atoms with Crippen LogP contribution in [-0.2, 0) is 0 Å². The number of guanidine groups is 1. The molecule has 1 unspecified atom stereocenters. The largest absolute Gasteiger partial charge is 0.356 e. The van der Waals surface area contributed by atoms with Crippen LogP contribution in [0.1, 0.15) is 47.5 Å². The summed E-state index contributed by atoms with van der Waals surface area (Å²) in [6, 6.07) is 0.478. The van der Waals surface area contributed by atoms with E-state index in [4.69, 9.17) is 0 Å². The molecule has 0 rings (SSSR count). The van der Waals surface area contributed by atoms with Crippen LogP contribution in [0.5, 0.6) is 0 Å². The minimum absolute atomic E-state index is 0. The van der Waals surface area contributed by atoms with Crippen LogP contribution in [0.15, 0.2) is 4.99 Å². The quantitative estimate of drug-likeness (QED) is 0.469. The van der Waals surface area contributed by atoms with Gasteiger partial charge in [0.2, 0.25) is 0 Å². The van der Waals surface area contributed by atoms with E-state index < -0.39 is 0 Å². The Hall–Kier alpha value is 0. The van der Waals surface area contributed by atoms with Crippen molar-refractivity contribution in [2.75, 3.05) is 13.6 Å². The summed E-state index contributed by atoms with van der Waals surface area (Å²) >= 11 is 0. The van der Waals surface area contributed by atoms with Gasteiger partial charge in [-0.2, -0.15) is 0 Å². The van der Waals surface area contributed by atoms with Gasteiger partial charge in [0, 0.05) is 19.6 Å². The van der Waals surface area contributed by atoms with E-state index in [-0.39, 0.29) is 24.0 Å². The van der Waals surface area contributed by atoms with E-state index in [0.29, 0.717) is 11.5 Å². The van der Waals surface area contributed by atoms with E-state index >= 15 is 0 Å². The first-order valence-electron chi connectivity index (χ1n) is 5.86. The molecule has 98 valence electrons. The van der Waals surface area contributed by atoms with Crippen LogP contribution in [0.25, 0.3) is 0 Å². The predicted molar refractivity (Wildman–Crippen MR) is 83.7 cm³/mol. The third-order valence-corrected chi connectivity index (χ3v) is 2.39. The van der Waals surface area contributed by atoms with Crippen molar-refractivity contribution in [3.05, 3.63) is 0 Å². The zero-order valence-electron chi connectivity index (χ0n) is 11.6. The molecule has 0 aliphatic carbocycles. The summed E-state index contributed by atoms with van der Waals surface area (Å²) in [6.45, 7) is 12.1. The Morgan fingerprint density at radius 1 is 1.31 bits per heavy atom. The molecule has 16 heavy (non-hydrogen) atoms. The maximum Gasteiger partial charge on any atom is 0.191 e. The van der Waals surface area contributed by atoms with E-state index in [1.54, 1.807) is 0 Å². The van der Waals surface area contributed by atoms with Crippen molar-refractivity contribution in [2.45, 2.75) is 53.5 Å². The van der Waals surface area contributed by atoms with E-state index in [0.717, 1.165) is 25.3 Å². The van der Waals surface area contributed by atoms with Crippen LogP contribution in [0.4, 0.5) is 0 Å². The van der Waals surface area contributed by atoms with Gasteiger partial charge in [-0.1, -0.05) is 27.7 Å². The summed E-state index contributed by atoms with van der Waals surface area (Å²) in [4.78, 5) is 4.19. The third-order valence-electron chi connectivity index (χ3n) is 2.39. The second kappa shape index (κ2) is 9.07. The Labute approximate surface area is 118 Å². The highest BCUT2D eigenvalue weighted by Gasteiger charge is 2.10. The Morgan fingerprint density at radius 2 is 1.88 bits per heavy atom. The second-order valence-corrected chi connectivity index (χ2v) is 5.26. The molecule has 0 saturated carbocycles. The van der Waals surface area contributed by atoms with Gasteiger partial charge in [-0.3, -0.25) is 4.99 Å². The van der Waals surface area contributed by atoms with Gasteiger partial charge < -0.3 is 10.6 Å². The summed E-state index contributed by atoms with van der Waals surface area (Å²) in [7, 11) is 1.81. The number of aliphatic imine (C=N–C) groups is 1. The number of nitrogens with zero attached hydrogens (tertiary/aromatic N) is 1. The molecule has 3 nitrogen and oxygen atoms in total. The number of rotatable bonds is 4. The highest BCUT2D eigenvalue weighted by atomic mass is 127. The maximum atomic E-state index is 4.19. The van der Waals surface area contributed by atoms with Crippen molar-refractivity contribution in [3.8, 4) is 0 Å². The number of nitrogens with one attached hydrogen (secondary N) is 2. The van der Waals surface area contributed by atoms with Gasteiger partial charge in [-0.05, 0) is 25.2 Å². The average molecular weight is 341 g/mol. The van der Waals surface area contributed by atoms with Crippen molar-refractivity contribution in [1.29, 1.82) is 0 Å². The Morgan fingerprint density at radius 3 is 2.25 bits per heavy atom. The van der Waals surface area contributed by atoms with Crippen LogP contribution in [0.3, 0.4) is 0 Å². The van der Waals surface area contributed by atoms with Gasteiger partial charge in [-0.15, -0.1) is 24.0 Å². The molecule has 0 heterocycles. The van der Waals surface area contributed by atoms with Crippen LogP contribution < -0.4 is 10.6 Å². The first kappa shape index (κ1) is 18.4. The first-order valence-corrected chi connectivity index (χ1v) is 5.86. The summed E-state index contributed by atoms with van der Waals surface area (Å²) in [5, 5.41) is 6.67. The number of halogens is 1. The number of hydrogen-bond donors (Lipinski definition) is 2. The molecule has 2 N–H and O–H groups in total. The minimum Gasteiger partial charge on any atom is -0.356 e. The van der Waals surface area contributed by atoms with Crippen LogP contribution in [0, 0.1) is 5.41 Å². The Balaban J connectivity index is 0. The molecular weight excluding hydrogens is 313 g/mol. The van der Waals surface area contributed by atoms with E-state index in [1.165, 1.54) is 0 Å². The van der Waals surface area contributed by atoms with E-state index in [9.17, 15) is 0 Å². The van der Waals surface area contributed by atoms with Crippen LogP contribution in [0.2, 0.25) is 0 Å². The van der Waals surface area contributed by atoms with Gasteiger partial charge in [-0.25, -0.2) is 0 Å². The molecule has 0 aromatic heterocycles. The standard InChI is InChI=1S/C12H27N3.HI/c1-7-10(2)15-11(13-6)14-9-8-12(3,4)5;/h10H,7-9H2,1-6H3,(H2,13,14,15);1H. The summed E-state index contributed by atoms with van der Waals surface area (Å²) in [6.07, 6.45) is 2.26. The predicted octanol–water partition coefficient (Wildman–Crippen LogP) is 3.00.